The molecule has 1 unspecified atom stereocenters. The van der Waals surface area contributed by atoms with E-state index in [2.05, 4.69) is 32.0 Å². The molecule has 0 amide bonds. The Hall–Kier alpha value is -1.63. The van der Waals surface area contributed by atoms with Crippen LogP contribution in [0, 0.1) is 5.82 Å². The van der Waals surface area contributed by atoms with Crippen molar-refractivity contribution in [3.63, 3.8) is 0 Å². The van der Waals surface area contributed by atoms with Crippen LogP contribution in [0.1, 0.15) is 44.6 Å². The Morgan fingerprint density at radius 3 is 2.47 bits per heavy atom. The molecular weight excluding hydrogens is 235 g/mol. The van der Waals surface area contributed by atoms with Crippen molar-refractivity contribution < 1.29 is 4.39 Å². The predicted molar refractivity (Wildman–Crippen MR) is 79.8 cm³/mol. The van der Waals surface area contributed by atoms with Crippen LogP contribution in [-0.2, 0) is 0 Å². The average Bonchev–Trinajstić information content (AvgIpc) is 2.45. The van der Waals surface area contributed by atoms with Crippen LogP contribution in [0.2, 0.25) is 0 Å². The Bertz CT molecular complexity index is 531. The van der Waals surface area contributed by atoms with Crippen molar-refractivity contribution in [3.8, 4) is 11.1 Å². The summed E-state index contributed by atoms with van der Waals surface area (Å²) in [6, 6.07) is 15.3. The van der Waals surface area contributed by atoms with Crippen LogP contribution in [-0.4, -0.2) is 0 Å². The van der Waals surface area contributed by atoms with Crippen molar-refractivity contribution in [2.75, 3.05) is 0 Å². The topological polar surface area (TPSA) is 0 Å². The van der Waals surface area contributed by atoms with E-state index in [0.717, 1.165) is 12.0 Å². The molecular formula is C18H21F. The van der Waals surface area contributed by atoms with Crippen molar-refractivity contribution in [2.45, 2.75) is 39.0 Å². The van der Waals surface area contributed by atoms with Gasteiger partial charge in [-0.2, -0.15) is 0 Å². The first-order chi connectivity index (χ1) is 9.26. The number of hydrogen-bond donors (Lipinski definition) is 0. The molecule has 0 saturated carbocycles. The highest BCUT2D eigenvalue weighted by molar-refractivity contribution is 5.68. The second-order valence-corrected chi connectivity index (χ2v) is 4.99. The van der Waals surface area contributed by atoms with Gasteiger partial charge in [0.25, 0.3) is 0 Å². The Morgan fingerprint density at radius 2 is 1.79 bits per heavy atom. The standard InChI is InChI=1S/C18H21F/c1-3-8-14(4-2)17-11-5-6-12-18(17)15-9-7-10-16(19)13-15/h5-7,9-14H,3-4,8H2,1-2H3. The summed E-state index contributed by atoms with van der Waals surface area (Å²) in [4.78, 5) is 0. The molecule has 0 bridgehead atoms. The molecule has 0 aliphatic rings. The van der Waals surface area contributed by atoms with Gasteiger partial charge >= 0.3 is 0 Å². The molecule has 2 rings (SSSR count). The van der Waals surface area contributed by atoms with Gasteiger partial charge in [-0.1, -0.05) is 56.7 Å². The molecule has 2 aromatic rings. The lowest BCUT2D eigenvalue weighted by molar-refractivity contribution is 0.597. The van der Waals surface area contributed by atoms with Crippen molar-refractivity contribution in [1.29, 1.82) is 0 Å². The number of rotatable bonds is 5. The smallest absolute Gasteiger partial charge is 0.123 e. The maximum Gasteiger partial charge on any atom is 0.123 e. The van der Waals surface area contributed by atoms with E-state index >= 15 is 0 Å². The fourth-order valence-electron chi connectivity index (χ4n) is 2.70. The van der Waals surface area contributed by atoms with Crippen molar-refractivity contribution in [3.05, 3.63) is 59.9 Å². The molecule has 0 aliphatic carbocycles. The first-order valence-electron chi connectivity index (χ1n) is 7.11. The van der Waals surface area contributed by atoms with E-state index in [1.165, 1.54) is 30.0 Å². The zero-order valence-electron chi connectivity index (χ0n) is 11.7. The molecule has 0 N–H and O–H groups in total. The Kier molecular flexibility index (Phi) is 4.73. The molecule has 19 heavy (non-hydrogen) atoms. The van der Waals surface area contributed by atoms with Crippen LogP contribution >= 0.6 is 0 Å². The highest BCUT2D eigenvalue weighted by Crippen LogP contribution is 2.33. The summed E-state index contributed by atoms with van der Waals surface area (Å²) in [5.74, 6) is 0.389. The minimum absolute atomic E-state index is 0.171. The summed E-state index contributed by atoms with van der Waals surface area (Å²) in [5, 5.41) is 0. The third-order valence-corrected chi connectivity index (χ3v) is 3.67. The van der Waals surface area contributed by atoms with Crippen molar-refractivity contribution in [1.82, 2.24) is 0 Å². The zero-order chi connectivity index (χ0) is 13.7. The van der Waals surface area contributed by atoms with E-state index in [-0.39, 0.29) is 5.82 Å². The normalized spacial score (nSPS) is 12.4. The van der Waals surface area contributed by atoms with Gasteiger partial charge in [0.2, 0.25) is 0 Å². The van der Waals surface area contributed by atoms with Gasteiger partial charge in [-0.15, -0.1) is 0 Å². The van der Waals surface area contributed by atoms with Crippen LogP contribution in [0.4, 0.5) is 4.39 Å². The number of benzene rings is 2. The van der Waals surface area contributed by atoms with Gasteiger partial charge in [-0.25, -0.2) is 4.39 Å². The zero-order valence-corrected chi connectivity index (χ0v) is 11.7. The van der Waals surface area contributed by atoms with Gasteiger partial charge < -0.3 is 0 Å². The summed E-state index contributed by atoms with van der Waals surface area (Å²) in [6.45, 7) is 4.44. The highest BCUT2D eigenvalue weighted by atomic mass is 19.1. The summed E-state index contributed by atoms with van der Waals surface area (Å²) in [7, 11) is 0. The molecule has 1 atom stereocenters. The van der Waals surface area contributed by atoms with E-state index in [4.69, 9.17) is 0 Å². The Balaban J connectivity index is 2.46. The number of halogens is 1. The van der Waals surface area contributed by atoms with Crippen LogP contribution in [0.5, 0.6) is 0 Å². The number of hydrogen-bond acceptors (Lipinski definition) is 0. The Morgan fingerprint density at radius 1 is 1.00 bits per heavy atom. The van der Waals surface area contributed by atoms with Gasteiger partial charge in [0.05, 0.1) is 0 Å². The third-order valence-electron chi connectivity index (χ3n) is 3.67. The maximum absolute atomic E-state index is 13.4. The van der Waals surface area contributed by atoms with E-state index in [1.807, 2.05) is 12.1 Å². The van der Waals surface area contributed by atoms with Crippen LogP contribution < -0.4 is 0 Å². The van der Waals surface area contributed by atoms with Gasteiger partial charge in [0.1, 0.15) is 5.82 Å². The van der Waals surface area contributed by atoms with Crippen LogP contribution in [0.15, 0.2) is 48.5 Å². The molecule has 0 spiro atoms. The predicted octanol–water partition coefficient (Wildman–Crippen LogP) is 5.79. The summed E-state index contributed by atoms with van der Waals surface area (Å²) >= 11 is 0. The first kappa shape index (κ1) is 13.8. The molecule has 1 heteroatoms. The minimum Gasteiger partial charge on any atom is -0.207 e. The van der Waals surface area contributed by atoms with Gasteiger partial charge in [0, 0.05) is 0 Å². The van der Waals surface area contributed by atoms with Crippen molar-refractivity contribution in [2.24, 2.45) is 0 Å². The minimum atomic E-state index is -0.171. The highest BCUT2D eigenvalue weighted by Gasteiger charge is 2.13. The molecule has 0 nitrogen and oxygen atoms in total. The quantitative estimate of drug-likeness (QED) is 0.635. The summed E-state index contributed by atoms with van der Waals surface area (Å²) in [5.41, 5.74) is 3.49. The lowest BCUT2D eigenvalue weighted by atomic mass is 9.86. The summed E-state index contributed by atoms with van der Waals surface area (Å²) < 4.78 is 13.4. The molecule has 100 valence electrons. The van der Waals surface area contributed by atoms with Gasteiger partial charge in [-0.3, -0.25) is 0 Å². The second-order valence-electron chi connectivity index (χ2n) is 4.99. The van der Waals surface area contributed by atoms with Crippen molar-refractivity contribution >= 4 is 0 Å². The van der Waals surface area contributed by atoms with E-state index in [9.17, 15) is 4.39 Å². The third kappa shape index (κ3) is 3.23. The van der Waals surface area contributed by atoms with Crippen LogP contribution in [0.25, 0.3) is 11.1 Å². The molecule has 0 saturated heterocycles. The monoisotopic (exact) mass is 256 g/mol. The SMILES string of the molecule is CCCC(CC)c1ccccc1-c1cccc(F)c1. The van der Waals surface area contributed by atoms with E-state index in [1.54, 1.807) is 12.1 Å². The van der Waals surface area contributed by atoms with E-state index in [0.29, 0.717) is 5.92 Å². The molecule has 0 aromatic heterocycles. The molecule has 0 fully saturated rings. The molecule has 0 aliphatic heterocycles. The largest absolute Gasteiger partial charge is 0.207 e. The molecule has 2 aromatic carbocycles. The van der Waals surface area contributed by atoms with Gasteiger partial charge in [0.15, 0.2) is 0 Å². The fourth-order valence-corrected chi connectivity index (χ4v) is 2.70. The lowest BCUT2D eigenvalue weighted by Crippen LogP contribution is -1.99. The molecule has 0 radical (unpaired) electrons. The molecule has 0 heterocycles. The Labute approximate surface area is 115 Å². The lowest BCUT2D eigenvalue weighted by Gasteiger charge is -2.18. The van der Waals surface area contributed by atoms with Crippen LogP contribution in [0.3, 0.4) is 0 Å². The summed E-state index contributed by atoms with van der Waals surface area (Å²) in [6.07, 6.45) is 3.49. The fraction of sp³-hybridized carbons (Fsp3) is 0.333. The maximum atomic E-state index is 13.4. The first-order valence-corrected chi connectivity index (χ1v) is 7.11. The van der Waals surface area contributed by atoms with E-state index < -0.39 is 0 Å². The average molecular weight is 256 g/mol. The van der Waals surface area contributed by atoms with Gasteiger partial charge in [-0.05, 0) is 47.6 Å². The second kappa shape index (κ2) is 6.51.